The van der Waals surface area contributed by atoms with Gasteiger partial charge in [0.2, 0.25) is 0 Å². The molecule has 1 N–H and O–H groups in total. The van der Waals surface area contributed by atoms with Crippen molar-refractivity contribution in [3.63, 3.8) is 0 Å². The normalized spacial score (nSPS) is 10.7. The van der Waals surface area contributed by atoms with Gasteiger partial charge in [0.15, 0.2) is 5.78 Å². The lowest BCUT2D eigenvalue weighted by Gasteiger charge is -2.14. The molecular formula is C27H24N2O3. The van der Waals surface area contributed by atoms with Crippen LogP contribution < -0.4 is 10.1 Å². The van der Waals surface area contributed by atoms with E-state index < -0.39 is 0 Å². The van der Waals surface area contributed by atoms with Gasteiger partial charge in [0.25, 0.3) is 5.91 Å². The Kier molecular flexibility index (Phi) is 6.26. The number of anilines is 1. The number of aromatic nitrogens is 1. The van der Waals surface area contributed by atoms with Gasteiger partial charge in [0.1, 0.15) is 5.75 Å². The van der Waals surface area contributed by atoms with Crippen molar-refractivity contribution in [2.24, 2.45) is 0 Å². The first kappa shape index (κ1) is 21.2. The van der Waals surface area contributed by atoms with Crippen molar-refractivity contribution in [3.8, 4) is 5.75 Å². The predicted octanol–water partition coefficient (Wildman–Crippen LogP) is 5.62. The number of nitrogens with one attached hydrogen (secondary N) is 1. The number of methoxy groups -OCH3 is 1. The minimum atomic E-state index is -0.201. The van der Waals surface area contributed by atoms with Crippen LogP contribution >= 0.6 is 0 Å². The molecule has 1 heterocycles. The van der Waals surface area contributed by atoms with Gasteiger partial charge in [-0.2, -0.15) is 0 Å². The number of ketones is 1. The Morgan fingerprint density at radius 3 is 2.47 bits per heavy atom. The summed E-state index contributed by atoms with van der Waals surface area (Å²) >= 11 is 0. The van der Waals surface area contributed by atoms with Crippen molar-refractivity contribution in [2.75, 3.05) is 12.4 Å². The first-order chi connectivity index (χ1) is 15.6. The Morgan fingerprint density at radius 2 is 1.69 bits per heavy atom. The minimum Gasteiger partial charge on any atom is -0.497 e. The number of ether oxygens (including phenoxy) is 1. The van der Waals surface area contributed by atoms with Gasteiger partial charge in [-0.15, -0.1) is 0 Å². The quantitative estimate of drug-likeness (QED) is 0.391. The number of aryl methyl sites for hydroxylation is 2. The Morgan fingerprint density at radius 1 is 0.938 bits per heavy atom. The van der Waals surface area contributed by atoms with E-state index in [2.05, 4.69) is 10.3 Å². The topological polar surface area (TPSA) is 68.3 Å². The van der Waals surface area contributed by atoms with Crippen LogP contribution in [-0.4, -0.2) is 23.8 Å². The van der Waals surface area contributed by atoms with E-state index in [1.165, 1.54) is 0 Å². The molecule has 0 saturated heterocycles. The van der Waals surface area contributed by atoms with Gasteiger partial charge < -0.3 is 10.1 Å². The number of rotatable bonds is 7. The lowest BCUT2D eigenvalue weighted by atomic mass is 9.95. The van der Waals surface area contributed by atoms with Crippen LogP contribution in [-0.2, 0) is 6.42 Å². The SMILES string of the molecule is COc1ccc(C(=O)CCc2cccc(C)c2C(=O)Nc2cccc3cccnc23)cc1. The summed E-state index contributed by atoms with van der Waals surface area (Å²) in [5.41, 5.74) is 4.35. The Balaban J connectivity index is 1.54. The summed E-state index contributed by atoms with van der Waals surface area (Å²) in [4.78, 5) is 30.3. The number of carbonyl (C=O) groups excluding carboxylic acids is 2. The van der Waals surface area contributed by atoms with Gasteiger partial charge in [0.05, 0.1) is 18.3 Å². The van der Waals surface area contributed by atoms with Gasteiger partial charge in [-0.3, -0.25) is 14.6 Å². The average Bonchev–Trinajstić information content (AvgIpc) is 2.82. The van der Waals surface area contributed by atoms with E-state index in [-0.39, 0.29) is 11.7 Å². The molecule has 3 aromatic carbocycles. The third-order valence-corrected chi connectivity index (χ3v) is 5.50. The van der Waals surface area contributed by atoms with Crippen LogP contribution in [0.5, 0.6) is 5.75 Å². The number of nitrogens with zero attached hydrogens (tertiary/aromatic N) is 1. The smallest absolute Gasteiger partial charge is 0.256 e. The summed E-state index contributed by atoms with van der Waals surface area (Å²) in [6, 6.07) is 22.3. The number of para-hydroxylation sites is 1. The van der Waals surface area contributed by atoms with Gasteiger partial charge in [-0.1, -0.05) is 36.4 Å². The van der Waals surface area contributed by atoms with Crippen LogP contribution in [0.4, 0.5) is 5.69 Å². The maximum absolute atomic E-state index is 13.2. The molecule has 4 aromatic rings. The molecule has 5 heteroatoms. The van der Waals surface area contributed by atoms with Crippen molar-refractivity contribution >= 4 is 28.3 Å². The summed E-state index contributed by atoms with van der Waals surface area (Å²) in [5.74, 6) is 0.536. The van der Waals surface area contributed by atoms with Gasteiger partial charge >= 0.3 is 0 Å². The van der Waals surface area contributed by atoms with E-state index in [1.54, 1.807) is 37.6 Å². The van der Waals surface area contributed by atoms with Crippen molar-refractivity contribution in [1.82, 2.24) is 4.98 Å². The van der Waals surface area contributed by atoms with Gasteiger partial charge in [0, 0.05) is 29.1 Å². The molecule has 0 radical (unpaired) electrons. The number of Topliss-reactive ketones (excluding diaryl/α,β-unsaturated/α-hetero) is 1. The van der Waals surface area contributed by atoms with Gasteiger partial charge in [-0.25, -0.2) is 0 Å². The fraction of sp³-hybridized carbons (Fsp3) is 0.148. The Hall–Kier alpha value is -3.99. The number of fused-ring (bicyclic) bond motifs is 1. The average molecular weight is 425 g/mol. The number of benzene rings is 3. The van der Waals surface area contributed by atoms with E-state index >= 15 is 0 Å². The number of carbonyl (C=O) groups is 2. The number of hydrogen-bond acceptors (Lipinski definition) is 4. The second kappa shape index (κ2) is 9.43. The van der Waals surface area contributed by atoms with E-state index in [0.29, 0.717) is 35.4 Å². The molecule has 0 aliphatic heterocycles. The lowest BCUT2D eigenvalue weighted by molar-refractivity contribution is 0.0978. The zero-order chi connectivity index (χ0) is 22.5. The minimum absolute atomic E-state index is 0.0266. The van der Waals surface area contributed by atoms with E-state index in [1.807, 2.05) is 55.5 Å². The maximum atomic E-state index is 13.2. The fourth-order valence-electron chi connectivity index (χ4n) is 3.82. The highest BCUT2D eigenvalue weighted by Gasteiger charge is 2.17. The van der Waals surface area contributed by atoms with E-state index in [4.69, 9.17) is 4.74 Å². The number of hydrogen-bond donors (Lipinski definition) is 1. The second-order valence-corrected chi connectivity index (χ2v) is 7.60. The van der Waals surface area contributed by atoms with Crippen molar-refractivity contribution in [2.45, 2.75) is 19.8 Å². The molecule has 0 fully saturated rings. The molecule has 0 spiro atoms. The summed E-state index contributed by atoms with van der Waals surface area (Å²) in [7, 11) is 1.59. The molecule has 1 aromatic heterocycles. The fourth-order valence-corrected chi connectivity index (χ4v) is 3.82. The van der Waals surface area contributed by atoms with Crippen LogP contribution in [0.1, 0.15) is 38.3 Å². The monoisotopic (exact) mass is 424 g/mol. The van der Waals surface area contributed by atoms with E-state index in [0.717, 1.165) is 22.0 Å². The molecule has 0 atom stereocenters. The summed E-state index contributed by atoms with van der Waals surface area (Å²) in [6.45, 7) is 1.91. The highest BCUT2D eigenvalue weighted by atomic mass is 16.5. The molecule has 0 aliphatic carbocycles. The van der Waals surface area contributed by atoms with Gasteiger partial charge in [-0.05, 0) is 60.9 Å². The molecule has 0 bridgehead atoms. The van der Waals surface area contributed by atoms with Crippen LogP contribution in [0.2, 0.25) is 0 Å². The first-order valence-corrected chi connectivity index (χ1v) is 10.5. The maximum Gasteiger partial charge on any atom is 0.256 e. The van der Waals surface area contributed by atoms with Crippen LogP contribution in [0.15, 0.2) is 79.0 Å². The molecule has 5 nitrogen and oxygen atoms in total. The Bertz CT molecular complexity index is 1270. The van der Waals surface area contributed by atoms with Crippen LogP contribution in [0.3, 0.4) is 0 Å². The van der Waals surface area contributed by atoms with Crippen molar-refractivity contribution in [1.29, 1.82) is 0 Å². The third kappa shape index (κ3) is 4.52. The highest BCUT2D eigenvalue weighted by Crippen LogP contribution is 2.24. The number of pyridine rings is 1. The van der Waals surface area contributed by atoms with Crippen LogP contribution in [0.25, 0.3) is 10.9 Å². The second-order valence-electron chi connectivity index (χ2n) is 7.60. The summed E-state index contributed by atoms with van der Waals surface area (Å²) < 4.78 is 5.15. The largest absolute Gasteiger partial charge is 0.497 e. The van der Waals surface area contributed by atoms with Crippen LogP contribution in [0, 0.1) is 6.92 Å². The van der Waals surface area contributed by atoms with Crippen molar-refractivity contribution < 1.29 is 14.3 Å². The molecule has 32 heavy (non-hydrogen) atoms. The molecule has 0 aliphatic rings. The number of amides is 1. The zero-order valence-electron chi connectivity index (χ0n) is 18.1. The molecule has 160 valence electrons. The summed E-state index contributed by atoms with van der Waals surface area (Å²) in [5, 5.41) is 3.97. The standard InChI is InChI=1S/C27H24N2O3/c1-18-6-3-7-20(13-16-24(30)19-11-14-22(32-2)15-12-19)25(18)27(31)29-23-10-4-8-21-9-5-17-28-26(21)23/h3-12,14-15,17H,13,16H2,1-2H3,(H,29,31). The molecule has 0 saturated carbocycles. The highest BCUT2D eigenvalue weighted by molar-refractivity contribution is 6.10. The third-order valence-electron chi connectivity index (χ3n) is 5.50. The zero-order valence-corrected chi connectivity index (χ0v) is 18.1. The predicted molar refractivity (Wildman–Crippen MR) is 127 cm³/mol. The summed E-state index contributed by atoms with van der Waals surface area (Å²) in [6.07, 6.45) is 2.50. The Labute approximate surface area is 187 Å². The molecule has 4 rings (SSSR count). The van der Waals surface area contributed by atoms with Crippen molar-refractivity contribution in [3.05, 3.63) is 101 Å². The molecule has 0 unspecified atom stereocenters. The molecular weight excluding hydrogens is 400 g/mol. The van der Waals surface area contributed by atoms with E-state index in [9.17, 15) is 9.59 Å². The lowest BCUT2D eigenvalue weighted by Crippen LogP contribution is -2.17. The molecule has 1 amide bonds. The first-order valence-electron chi connectivity index (χ1n) is 10.5.